The maximum atomic E-state index is 6.37. The van der Waals surface area contributed by atoms with Crippen LogP contribution < -0.4 is 15.1 Å². The van der Waals surface area contributed by atoms with Crippen molar-refractivity contribution in [2.75, 3.05) is 23.9 Å². The third-order valence-electron chi connectivity index (χ3n) is 5.67. The Morgan fingerprint density at radius 3 is 2.44 bits per heavy atom. The van der Waals surface area contributed by atoms with Gasteiger partial charge in [-0.15, -0.1) is 0 Å². The van der Waals surface area contributed by atoms with Gasteiger partial charge in [0.05, 0.1) is 11.7 Å². The minimum absolute atomic E-state index is 0.151. The van der Waals surface area contributed by atoms with Gasteiger partial charge in [-0.3, -0.25) is 4.98 Å². The zero-order chi connectivity index (χ0) is 23.7. The summed E-state index contributed by atoms with van der Waals surface area (Å²) in [5.41, 5.74) is 3.03. The van der Waals surface area contributed by atoms with Gasteiger partial charge in [0.2, 0.25) is 0 Å². The van der Waals surface area contributed by atoms with E-state index in [9.17, 15) is 0 Å². The number of thiocarbonyl (C=S) groups is 1. The van der Waals surface area contributed by atoms with Gasteiger partial charge >= 0.3 is 0 Å². The molecule has 1 aliphatic heterocycles. The molecule has 1 aliphatic rings. The lowest BCUT2D eigenvalue weighted by atomic mass is 10.0. The number of hydrogen-bond acceptors (Lipinski definition) is 5. The normalized spacial score (nSPS) is 17.6. The van der Waals surface area contributed by atoms with Gasteiger partial charge in [0, 0.05) is 41.6 Å². The van der Waals surface area contributed by atoms with Crippen LogP contribution >= 0.6 is 35.6 Å². The molecule has 4 aromatic rings. The maximum Gasteiger partial charge on any atom is 0.174 e. The van der Waals surface area contributed by atoms with E-state index < -0.39 is 0 Å². The van der Waals surface area contributed by atoms with E-state index in [2.05, 4.69) is 44.4 Å². The Bertz CT molecular complexity index is 1280. The molecule has 5 rings (SSSR count). The second-order valence-corrected chi connectivity index (χ2v) is 10.0. The highest BCUT2D eigenvalue weighted by atomic mass is 35.5. The van der Waals surface area contributed by atoms with E-state index in [1.807, 2.05) is 68.7 Å². The fourth-order valence-electron chi connectivity index (χ4n) is 4.00. The SMILES string of the molecule is CN(C)c1ccc(N2C(=S)N[C@@H](c3ccccn3)[C@@H]2c2ccc(Sc3ccc(Cl)cc3)o2)cc1. The summed E-state index contributed by atoms with van der Waals surface area (Å²) in [4.78, 5) is 9.85. The highest BCUT2D eigenvalue weighted by Gasteiger charge is 2.42. The average molecular weight is 507 g/mol. The maximum absolute atomic E-state index is 6.37. The lowest BCUT2D eigenvalue weighted by Crippen LogP contribution is -2.29. The summed E-state index contributed by atoms with van der Waals surface area (Å²) in [6.45, 7) is 0. The first-order valence-electron chi connectivity index (χ1n) is 10.8. The largest absolute Gasteiger partial charge is 0.452 e. The van der Waals surface area contributed by atoms with Crippen molar-refractivity contribution in [2.24, 2.45) is 0 Å². The van der Waals surface area contributed by atoms with Crippen molar-refractivity contribution in [3.63, 3.8) is 0 Å². The molecule has 0 aliphatic carbocycles. The number of furan rings is 1. The van der Waals surface area contributed by atoms with Crippen LogP contribution in [0, 0.1) is 0 Å². The van der Waals surface area contributed by atoms with Crippen LogP contribution in [0.15, 0.2) is 99.5 Å². The first-order chi connectivity index (χ1) is 16.5. The summed E-state index contributed by atoms with van der Waals surface area (Å²) in [6.07, 6.45) is 1.80. The van der Waals surface area contributed by atoms with Crippen molar-refractivity contribution in [1.82, 2.24) is 10.3 Å². The smallest absolute Gasteiger partial charge is 0.174 e. The molecule has 1 N–H and O–H groups in total. The number of halogens is 1. The molecule has 0 unspecified atom stereocenters. The van der Waals surface area contributed by atoms with E-state index in [0.717, 1.165) is 32.8 Å². The lowest BCUT2D eigenvalue weighted by molar-refractivity contribution is 0.383. The fraction of sp³-hybridized carbons (Fsp3) is 0.154. The van der Waals surface area contributed by atoms with Gasteiger partial charge in [-0.25, -0.2) is 0 Å². The number of pyridine rings is 1. The molecular formula is C26H23ClN4OS2. The molecule has 2 atom stereocenters. The monoisotopic (exact) mass is 506 g/mol. The van der Waals surface area contributed by atoms with E-state index >= 15 is 0 Å². The van der Waals surface area contributed by atoms with Crippen LogP contribution in [0.25, 0.3) is 0 Å². The first-order valence-corrected chi connectivity index (χ1v) is 12.4. The summed E-state index contributed by atoms with van der Waals surface area (Å²) in [7, 11) is 4.05. The van der Waals surface area contributed by atoms with Crippen LogP contribution in [0.1, 0.15) is 23.5 Å². The standard InChI is InChI=1S/C26H23ClN4OS2/c1-30(2)18-8-10-19(11-9-18)31-25(24(29-26(31)33)21-5-3-4-16-28-21)22-14-15-23(32-22)34-20-12-6-17(27)7-13-20/h3-16,24-25H,1-2H3,(H,29,33)/t24-,25-/m0/s1. The Hall–Kier alpha value is -3.00. The molecule has 172 valence electrons. The van der Waals surface area contributed by atoms with E-state index in [0.29, 0.717) is 10.1 Å². The van der Waals surface area contributed by atoms with Crippen LogP contribution in [0.4, 0.5) is 11.4 Å². The predicted octanol–water partition coefficient (Wildman–Crippen LogP) is 6.72. The molecule has 0 spiro atoms. The van der Waals surface area contributed by atoms with Gasteiger partial charge in [-0.05, 0) is 85.0 Å². The first kappa shape index (κ1) is 22.8. The highest BCUT2D eigenvalue weighted by molar-refractivity contribution is 7.99. The van der Waals surface area contributed by atoms with Crippen molar-refractivity contribution < 1.29 is 4.42 Å². The Labute approximate surface area is 213 Å². The van der Waals surface area contributed by atoms with Crippen LogP contribution in [0.3, 0.4) is 0 Å². The predicted molar refractivity (Wildman–Crippen MR) is 143 cm³/mol. The molecule has 0 amide bonds. The van der Waals surface area contributed by atoms with Crippen molar-refractivity contribution >= 4 is 52.1 Å². The van der Waals surface area contributed by atoms with Gasteiger partial charge in [0.1, 0.15) is 11.8 Å². The molecular weight excluding hydrogens is 484 g/mol. The summed E-state index contributed by atoms with van der Waals surface area (Å²) in [5.74, 6) is 0.816. The quantitative estimate of drug-likeness (QED) is 0.291. The van der Waals surface area contributed by atoms with E-state index in [1.165, 1.54) is 0 Å². The molecule has 1 fully saturated rings. The number of benzene rings is 2. The van der Waals surface area contributed by atoms with E-state index in [1.54, 1.807) is 18.0 Å². The number of rotatable bonds is 6. The molecule has 5 nitrogen and oxygen atoms in total. The van der Waals surface area contributed by atoms with Gasteiger partial charge in [-0.1, -0.05) is 29.4 Å². The Morgan fingerprint density at radius 2 is 1.76 bits per heavy atom. The summed E-state index contributed by atoms with van der Waals surface area (Å²) in [5, 5.41) is 5.63. The van der Waals surface area contributed by atoms with Gasteiger partial charge in [0.15, 0.2) is 10.2 Å². The topological polar surface area (TPSA) is 44.5 Å². The van der Waals surface area contributed by atoms with Gasteiger partial charge < -0.3 is 19.5 Å². The van der Waals surface area contributed by atoms with Gasteiger partial charge in [0.25, 0.3) is 0 Å². The Kier molecular flexibility index (Phi) is 6.50. The molecule has 34 heavy (non-hydrogen) atoms. The molecule has 2 aromatic carbocycles. The molecule has 0 bridgehead atoms. The highest BCUT2D eigenvalue weighted by Crippen LogP contribution is 2.43. The van der Waals surface area contributed by atoms with Crippen molar-refractivity contribution in [3.05, 3.63) is 102 Å². The molecule has 8 heteroatoms. The van der Waals surface area contributed by atoms with Crippen molar-refractivity contribution in [1.29, 1.82) is 0 Å². The number of nitrogens with one attached hydrogen (secondary N) is 1. The van der Waals surface area contributed by atoms with Crippen LogP contribution in [0.2, 0.25) is 5.02 Å². The number of nitrogens with zero attached hydrogens (tertiary/aromatic N) is 3. The zero-order valence-corrected chi connectivity index (χ0v) is 21.1. The molecule has 2 aromatic heterocycles. The third kappa shape index (κ3) is 4.64. The average Bonchev–Trinajstić information content (AvgIpc) is 3.45. The van der Waals surface area contributed by atoms with Crippen LogP contribution in [-0.2, 0) is 0 Å². The number of anilines is 2. The minimum Gasteiger partial charge on any atom is -0.452 e. The molecule has 3 heterocycles. The van der Waals surface area contributed by atoms with E-state index in [-0.39, 0.29) is 12.1 Å². The van der Waals surface area contributed by atoms with Crippen LogP contribution in [0.5, 0.6) is 0 Å². The zero-order valence-electron chi connectivity index (χ0n) is 18.7. The number of hydrogen-bond donors (Lipinski definition) is 1. The summed E-state index contributed by atoms with van der Waals surface area (Å²) >= 11 is 13.4. The second-order valence-electron chi connectivity index (χ2n) is 8.12. The Morgan fingerprint density at radius 1 is 1.00 bits per heavy atom. The van der Waals surface area contributed by atoms with Crippen LogP contribution in [-0.4, -0.2) is 24.2 Å². The summed E-state index contributed by atoms with van der Waals surface area (Å²) < 4.78 is 6.37. The summed E-state index contributed by atoms with van der Waals surface area (Å²) in [6, 6.07) is 25.7. The molecule has 0 saturated carbocycles. The fourth-order valence-corrected chi connectivity index (χ4v) is 5.25. The van der Waals surface area contributed by atoms with Crippen molar-refractivity contribution in [3.8, 4) is 0 Å². The van der Waals surface area contributed by atoms with Crippen molar-refractivity contribution in [2.45, 2.75) is 22.1 Å². The lowest BCUT2D eigenvalue weighted by Gasteiger charge is -2.26. The number of aromatic nitrogens is 1. The molecule has 1 saturated heterocycles. The minimum atomic E-state index is -0.188. The van der Waals surface area contributed by atoms with Gasteiger partial charge in [-0.2, -0.15) is 0 Å². The molecule has 0 radical (unpaired) electrons. The third-order valence-corrected chi connectivity index (χ3v) is 7.16. The second kappa shape index (κ2) is 9.70. The Balaban J connectivity index is 1.51. The van der Waals surface area contributed by atoms with E-state index in [4.69, 9.17) is 28.2 Å².